The van der Waals surface area contributed by atoms with Gasteiger partial charge in [0.05, 0.1) is 0 Å². The first-order valence-corrected chi connectivity index (χ1v) is 7.56. The van der Waals surface area contributed by atoms with Gasteiger partial charge in [-0.2, -0.15) is 0 Å². The van der Waals surface area contributed by atoms with Crippen molar-refractivity contribution in [1.29, 1.82) is 0 Å². The lowest BCUT2D eigenvalue weighted by molar-refractivity contribution is 0.919. The number of hydrogen-bond donors (Lipinski definition) is 0. The van der Waals surface area contributed by atoms with Crippen LogP contribution in [-0.4, -0.2) is 0 Å². The van der Waals surface area contributed by atoms with E-state index in [4.69, 9.17) is 0 Å². The number of benzene rings is 1. The van der Waals surface area contributed by atoms with Crippen molar-refractivity contribution in [3.63, 3.8) is 0 Å². The second-order valence-corrected chi connectivity index (χ2v) is 5.89. The maximum absolute atomic E-state index is 2.38. The standard InChI is InChI=1S/C17H18S/c1-3-6-13-9-10-18-17(13)16-11-14-7-4-5-8-15(14)12(16)2/h4-5,7-12H,3,6H2,1-2H3. The molecule has 0 N–H and O–H groups in total. The molecule has 0 saturated heterocycles. The molecule has 1 unspecified atom stereocenters. The van der Waals surface area contributed by atoms with Crippen molar-refractivity contribution in [1.82, 2.24) is 0 Å². The van der Waals surface area contributed by atoms with Crippen LogP contribution in [0.25, 0.3) is 11.6 Å². The van der Waals surface area contributed by atoms with Crippen molar-refractivity contribution in [2.45, 2.75) is 32.6 Å². The highest BCUT2D eigenvalue weighted by molar-refractivity contribution is 7.11. The summed E-state index contributed by atoms with van der Waals surface area (Å²) >= 11 is 1.89. The number of hydrogen-bond acceptors (Lipinski definition) is 1. The van der Waals surface area contributed by atoms with E-state index in [0.29, 0.717) is 5.92 Å². The molecule has 0 amide bonds. The van der Waals surface area contributed by atoms with Crippen LogP contribution in [0.4, 0.5) is 0 Å². The average molecular weight is 254 g/mol. The minimum atomic E-state index is 0.537. The minimum absolute atomic E-state index is 0.537. The first kappa shape index (κ1) is 11.7. The van der Waals surface area contributed by atoms with Gasteiger partial charge in [0.2, 0.25) is 0 Å². The molecular formula is C17H18S. The molecule has 1 aliphatic rings. The van der Waals surface area contributed by atoms with Gasteiger partial charge in [0.1, 0.15) is 0 Å². The van der Waals surface area contributed by atoms with Gasteiger partial charge >= 0.3 is 0 Å². The smallest absolute Gasteiger partial charge is 0.0340 e. The Hall–Kier alpha value is -1.34. The van der Waals surface area contributed by atoms with E-state index in [-0.39, 0.29) is 0 Å². The lowest BCUT2D eigenvalue weighted by Gasteiger charge is -2.11. The summed E-state index contributed by atoms with van der Waals surface area (Å²) in [7, 11) is 0. The van der Waals surface area contributed by atoms with Crippen LogP contribution >= 0.6 is 11.3 Å². The molecule has 0 radical (unpaired) electrons. The summed E-state index contributed by atoms with van der Waals surface area (Å²) in [5, 5.41) is 2.23. The highest BCUT2D eigenvalue weighted by atomic mass is 32.1. The lowest BCUT2D eigenvalue weighted by Crippen LogP contribution is -1.94. The molecule has 2 aromatic rings. The minimum Gasteiger partial charge on any atom is -0.144 e. The summed E-state index contributed by atoms with van der Waals surface area (Å²) in [4.78, 5) is 1.50. The lowest BCUT2D eigenvalue weighted by atomic mass is 9.95. The van der Waals surface area contributed by atoms with E-state index in [1.54, 1.807) is 0 Å². The molecule has 0 spiro atoms. The van der Waals surface area contributed by atoms with Crippen LogP contribution in [0.3, 0.4) is 0 Å². The van der Waals surface area contributed by atoms with Crippen molar-refractivity contribution in [3.8, 4) is 0 Å². The largest absolute Gasteiger partial charge is 0.144 e. The van der Waals surface area contributed by atoms with Crippen molar-refractivity contribution in [2.75, 3.05) is 0 Å². The van der Waals surface area contributed by atoms with Crippen molar-refractivity contribution >= 4 is 23.0 Å². The van der Waals surface area contributed by atoms with E-state index >= 15 is 0 Å². The molecule has 0 saturated carbocycles. The van der Waals surface area contributed by atoms with E-state index in [0.717, 1.165) is 0 Å². The summed E-state index contributed by atoms with van der Waals surface area (Å²) in [6.07, 6.45) is 4.79. The Labute approximate surface area is 113 Å². The maximum Gasteiger partial charge on any atom is 0.0340 e. The average Bonchev–Trinajstić information content (AvgIpc) is 2.96. The van der Waals surface area contributed by atoms with Crippen molar-refractivity contribution < 1.29 is 0 Å². The normalized spacial score (nSPS) is 17.7. The second-order valence-electron chi connectivity index (χ2n) is 4.98. The summed E-state index contributed by atoms with van der Waals surface area (Å²) in [5.74, 6) is 0.537. The number of allylic oxidation sites excluding steroid dienone is 1. The predicted octanol–water partition coefficient (Wildman–Crippen LogP) is 5.36. The van der Waals surface area contributed by atoms with Gasteiger partial charge in [-0.1, -0.05) is 44.5 Å². The van der Waals surface area contributed by atoms with Gasteiger partial charge in [-0.25, -0.2) is 0 Å². The van der Waals surface area contributed by atoms with E-state index in [9.17, 15) is 0 Å². The van der Waals surface area contributed by atoms with Gasteiger partial charge in [-0.05, 0) is 46.2 Å². The monoisotopic (exact) mass is 254 g/mol. The zero-order chi connectivity index (χ0) is 12.5. The molecule has 1 aromatic carbocycles. The fourth-order valence-corrected chi connectivity index (χ4v) is 3.88. The van der Waals surface area contributed by atoms with Crippen LogP contribution < -0.4 is 0 Å². The van der Waals surface area contributed by atoms with Gasteiger partial charge in [0.15, 0.2) is 0 Å². The van der Waals surface area contributed by atoms with Crippen molar-refractivity contribution in [3.05, 3.63) is 57.3 Å². The van der Waals surface area contributed by atoms with Crippen LogP contribution in [0.15, 0.2) is 35.7 Å². The molecule has 0 bridgehead atoms. The van der Waals surface area contributed by atoms with Crippen LogP contribution in [0.5, 0.6) is 0 Å². The summed E-state index contributed by atoms with van der Waals surface area (Å²) in [5.41, 5.74) is 5.90. The number of fused-ring (bicyclic) bond motifs is 1. The number of thiophene rings is 1. The van der Waals surface area contributed by atoms with E-state index < -0.39 is 0 Å². The molecule has 3 rings (SSSR count). The molecule has 0 nitrogen and oxygen atoms in total. The summed E-state index contributed by atoms with van der Waals surface area (Å²) < 4.78 is 0. The van der Waals surface area contributed by atoms with E-state index in [1.807, 2.05) is 11.3 Å². The molecule has 92 valence electrons. The zero-order valence-electron chi connectivity index (χ0n) is 10.9. The fourth-order valence-electron chi connectivity index (χ4n) is 2.81. The molecule has 0 fully saturated rings. The number of aryl methyl sites for hydroxylation is 1. The third-order valence-corrected chi connectivity index (χ3v) is 4.77. The Morgan fingerprint density at radius 3 is 2.78 bits per heavy atom. The first-order valence-electron chi connectivity index (χ1n) is 6.68. The highest BCUT2D eigenvalue weighted by Crippen LogP contribution is 2.44. The van der Waals surface area contributed by atoms with Crippen molar-refractivity contribution in [2.24, 2.45) is 0 Å². The molecule has 1 heteroatoms. The molecule has 18 heavy (non-hydrogen) atoms. The second kappa shape index (κ2) is 4.74. The Bertz CT molecular complexity index is 589. The van der Waals surface area contributed by atoms with E-state index in [2.05, 4.69) is 55.6 Å². The van der Waals surface area contributed by atoms with Gasteiger partial charge < -0.3 is 0 Å². The maximum atomic E-state index is 2.38. The molecule has 1 atom stereocenters. The molecular weight excluding hydrogens is 236 g/mol. The Kier molecular flexibility index (Phi) is 3.09. The summed E-state index contributed by atoms with van der Waals surface area (Å²) in [6, 6.07) is 11.1. The molecule has 1 heterocycles. The van der Waals surface area contributed by atoms with Crippen LogP contribution in [0.1, 0.15) is 47.8 Å². The fraction of sp³-hybridized carbons (Fsp3) is 0.294. The predicted molar refractivity (Wildman–Crippen MR) is 81.0 cm³/mol. The van der Waals surface area contributed by atoms with Gasteiger partial charge in [-0.3, -0.25) is 0 Å². The zero-order valence-corrected chi connectivity index (χ0v) is 11.8. The topological polar surface area (TPSA) is 0 Å². The van der Waals surface area contributed by atoms with Gasteiger partial charge in [0.25, 0.3) is 0 Å². The first-order chi connectivity index (χ1) is 8.81. The van der Waals surface area contributed by atoms with Crippen LogP contribution in [0.2, 0.25) is 0 Å². The van der Waals surface area contributed by atoms with E-state index in [1.165, 1.54) is 40.0 Å². The molecule has 1 aromatic heterocycles. The SMILES string of the molecule is CCCc1ccsc1C1=Cc2ccccc2C1C. The van der Waals surface area contributed by atoms with Crippen LogP contribution in [-0.2, 0) is 6.42 Å². The summed E-state index contributed by atoms with van der Waals surface area (Å²) in [6.45, 7) is 4.58. The Balaban J connectivity index is 2.02. The molecule has 1 aliphatic carbocycles. The third kappa shape index (κ3) is 1.83. The molecule has 0 aliphatic heterocycles. The number of rotatable bonds is 3. The highest BCUT2D eigenvalue weighted by Gasteiger charge is 2.23. The van der Waals surface area contributed by atoms with Crippen LogP contribution in [0, 0.1) is 0 Å². The quantitative estimate of drug-likeness (QED) is 0.692. The van der Waals surface area contributed by atoms with Gasteiger partial charge in [-0.15, -0.1) is 11.3 Å². The Morgan fingerprint density at radius 2 is 2.00 bits per heavy atom. The van der Waals surface area contributed by atoms with Gasteiger partial charge in [0, 0.05) is 10.8 Å². The Morgan fingerprint density at radius 1 is 1.17 bits per heavy atom. The third-order valence-electron chi connectivity index (χ3n) is 3.77.